The number of ether oxygens (including phenoxy) is 2. The molecule has 2 rings (SSSR count). The van der Waals surface area contributed by atoms with Gasteiger partial charge in [-0.2, -0.15) is 5.26 Å². The van der Waals surface area contributed by atoms with Gasteiger partial charge in [0, 0.05) is 12.2 Å². The van der Waals surface area contributed by atoms with Gasteiger partial charge < -0.3 is 9.47 Å². The summed E-state index contributed by atoms with van der Waals surface area (Å²) in [5.74, 6) is 0.612. The fourth-order valence-corrected chi connectivity index (χ4v) is 1.62. The molecule has 5 nitrogen and oxygen atoms in total. The first-order chi connectivity index (χ1) is 8.31. The molecule has 88 valence electrons. The van der Waals surface area contributed by atoms with Crippen molar-refractivity contribution < 1.29 is 14.3 Å². The Hall–Kier alpha value is -2.22. The average Bonchev–Trinajstić information content (AvgIpc) is 2.38. The largest absolute Gasteiger partial charge is 0.479 e. The van der Waals surface area contributed by atoms with Crippen LogP contribution in [-0.4, -0.2) is 25.9 Å². The lowest BCUT2D eigenvalue weighted by atomic mass is 10.2. The summed E-state index contributed by atoms with van der Waals surface area (Å²) < 4.78 is 10.1. The van der Waals surface area contributed by atoms with Crippen LogP contribution in [0.4, 0.5) is 10.5 Å². The monoisotopic (exact) mass is 232 g/mol. The molecule has 1 aliphatic heterocycles. The Morgan fingerprint density at radius 3 is 2.82 bits per heavy atom. The van der Waals surface area contributed by atoms with Crippen LogP contribution in [0.1, 0.15) is 6.42 Å². The van der Waals surface area contributed by atoms with Gasteiger partial charge in [0.25, 0.3) is 0 Å². The Labute approximate surface area is 99.2 Å². The Balaban J connectivity index is 2.06. The van der Waals surface area contributed by atoms with Crippen LogP contribution in [0.15, 0.2) is 24.3 Å². The topological polar surface area (TPSA) is 62.6 Å². The molecule has 1 aliphatic rings. The maximum Gasteiger partial charge on any atom is 0.414 e. The van der Waals surface area contributed by atoms with Crippen molar-refractivity contribution in [3.05, 3.63) is 24.3 Å². The summed E-state index contributed by atoms with van der Waals surface area (Å²) >= 11 is 0. The van der Waals surface area contributed by atoms with Gasteiger partial charge in [0.2, 0.25) is 0 Å². The Morgan fingerprint density at radius 2 is 2.18 bits per heavy atom. The van der Waals surface area contributed by atoms with Crippen molar-refractivity contribution in [3.8, 4) is 11.8 Å². The van der Waals surface area contributed by atoms with Gasteiger partial charge in [-0.15, -0.1) is 0 Å². The quantitative estimate of drug-likeness (QED) is 0.798. The highest BCUT2D eigenvalue weighted by Crippen LogP contribution is 2.21. The van der Waals surface area contributed by atoms with E-state index in [1.807, 2.05) is 6.07 Å². The van der Waals surface area contributed by atoms with Crippen molar-refractivity contribution in [3.63, 3.8) is 0 Å². The molecule has 1 amide bonds. The van der Waals surface area contributed by atoms with Gasteiger partial charge in [0.05, 0.1) is 6.61 Å². The van der Waals surface area contributed by atoms with E-state index in [4.69, 9.17) is 14.7 Å². The second-order valence-electron chi connectivity index (χ2n) is 3.56. The number of anilines is 1. The molecule has 0 radical (unpaired) electrons. The number of nitriles is 1. The minimum atomic E-state index is -0.318. The lowest BCUT2D eigenvalue weighted by Gasteiger charge is -2.26. The van der Waals surface area contributed by atoms with Crippen molar-refractivity contribution in [1.29, 1.82) is 5.26 Å². The standard InChI is InChI=1S/C12H12N2O3/c13-6-9-16-11-4-2-10(3-5-11)14-7-1-8-17-12(14)15/h2-5H,1,7-9H2. The predicted molar refractivity (Wildman–Crippen MR) is 60.9 cm³/mol. The van der Waals surface area contributed by atoms with Crippen LogP contribution in [0.25, 0.3) is 0 Å². The van der Waals surface area contributed by atoms with E-state index in [9.17, 15) is 4.79 Å². The smallest absolute Gasteiger partial charge is 0.414 e. The molecule has 1 aromatic carbocycles. The van der Waals surface area contributed by atoms with E-state index in [1.165, 1.54) is 0 Å². The zero-order valence-corrected chi connectivity index (χ0v) is 9.26. The molecule has 17 heavy (non-hydrogen) atoms. The SMILES string of the molecule is N#CCOc1ccc(N2CCCOC2=O)cc1. The Morgan fingerprint density at radius 1 is 1.41 bits per heavy atom. The molecule has 0 aromatic heterocycles. The molecule has 1 fully saturated rings. The minimum Gasteiger partial charge on any atom is -0.479 e. The van der Waals surface area contributed by atoms with Crippen molar-refractivity contribution in [2.24, 2.45) is 0 Å². The molecule has 0 aliphatic carbocycles. The predicted octanol–water partition coefficient (Wildman–Crippen LogP) is 1.94. The average molecular weight is 232 g/mol. The van der Waals surface area contributed by atoms with Gasteiger partial charge in [-0.1, -0.05) is 0 Å². The first kappa shape index (κ1) is 11.3. The van der Waals surface area contributed by atoms with Gasteiger partial charge in [0.15, 0.2) is 6.61 Å². The summed E-state index contributed by atoms with van der Waals surface area (Å²) in [6.45, 7) is 1.17. The van der Waals surface area contributed by atoms with Crippen LogP contribution in [-0.2, 0) is 4.74 Å². The molecule has 1 aromatic rings. The third-order valence-corrected chi connectivity index (χ3v) is 2.42. The Bertz CT molecular complexity index is 436. The fraction of sp³-hybridized carbons (Fsp3) is 0.333. The normalized spacial score (nSPS) is 15.0. The molecule has 1 saturated heterocycles. The van der Waals surface area contributed by atoms with E-state index < -0.39 is 0 Å². The van der Waals surface area contributed by atoms with E-state index in [2.05, 4.69) is 0 Å². The highest BCUT2D eigenvalue weighted by molar-refractivity contribution is 5.88. The first-order valence-corrected chi connectivity index (χ1v) is 5.35. The minimum absolute atomic E-state index is 0.0190. The van der Waals surface area contributed by atoms with E-state index in [1.54, 1.807) is 29.2 Å². The number of hydrogen-bond acceptors (Lipinski definition) is 4. The van der Waals surface area contributed by atoms with E-state index in [0.29, 0.717) is 18.9 Å². The van der Waals surface area contributed by atoms with Gasteiger partial charge in [-0.25, -0.2) is 4.79 Å². The van der Waals surface area contributed by atoms with Crippen molar-refractivity contribution in [2.45, 2.75) is 6.42 Å². The van der Waals surface area contributed by atoms with Crippen molar-refractivity contribution in [1.82, 2.24) is 0 Å². The number of carbonyl (C=O) groups is 1. The molecule has 0 bridgehead atoms. The van der Waals surface area contributed by atoms with Crippen LogP contribution in [0.3, 0.4) is 0 Å². The summed E-state index contributed by atoms with van der Waals surface area (Å²) in [6, 6.07) is 8.91. The van der Waals surface area contributed by atoms with E-state index in [-0.39, 0.29) is 12.7 Å². The van der Waals surface area contributed by atoms with E-state index >= 15 is 0 Å². The number of hydrogen-bond donors (Lipinski definition) is 0. The molecule has 0 N–H and O–H groups in total. The summed E-state index contributed by atoms with van der Waals surface area (Å²) in [4.78, 5) is 13.1. The Kier molecular flexibility index (Phi) is 3.46. The molecular formula is C12H12N2O3. The van der Waals surface area contributed by atoms with Gasteiger partial charge in [0.1, 0.15) is 11.8 Å². The second kappa shape index (κ2) is 5.21. The van der Waals surface area contributed by atoms with Crippen molar-refractivity contribution in [2.75, 3.05) is 24.7 Å². The zero-order valence-electron chi connectivity index (χ0n) is 9.26. The maximum absolute atomic E-state index is 11.5. The van der Waals surface area contributed by atoms with Crippen LogP contribution >= 0.6 is 0 Å². The first-order valence-electron chi connectivity index (χ1n) is 5.35. The summed E-state index contributed by atoms with van der Waals surface area (Å²) in [5, 5.41) is 8.38. The number of amides is 1. The van der Waals surface area contributed by atoms with Crippen LogP contribution in [0.5, 0.6) is 5.75 Å². The van der Waals surface area contributed by atoms with E-state index in [0.717, 1.165) is 12.1 Å². The number of carbonyl (C=O) groups excluding carboxylic acids is 1. The lowest BCUT2D eigenvalue weighted by Crippen LogP contribution is -2.37. The summed E-state index contributed by atoms with van der Waals surface area (Å²) in [5.41, 5.74) is 0.777. The lowest BCUT2D eigenvalue weighted by molar-refractivity contribution is 0.140. The number of cyclic esters (lactones) is 1. The summed E-state index contributed by atoms with van der Waals surface area (Å²) in [6.07, 6.45) is 0.514. The second-order valence-corrected chi connectivity index (χ2v) is 3.56. The van der Waals surface area contributed by atoms with Crippen LogP contribution in [0, 0.1) is 11.3 Å². The molecule has 0 saturated carbocycles. The number of nitrogens with zero attached hydrogens (tertiary/aromatic N) is 2. The molecular weight excluding hydrogens is 220 g/mol. The fourth-order valence-electron chi connectivity index (χ4n) is 1.62. The van der Waals surface area contributed by atoms with Gasteiger partial charge in [-0.05, 0) is 30.7 Å². The third-order valence-electron chi connectivity index (χ3n) is 2.42. The van der Waals surface area contributed by atoms with Gasteiger partial charge >= 0.3 is 6.09 Å². The third kappa shape index (κ3) is 2.67. The highest BCUT2D eigenvalue weighted by Gasteiger charge is 2.20. The summed E-state index contributed by atoms with van der Waals surface area (Å²) in [7, 11) is 0. The molecule has 1 heterocycles. The highest BCUT2D eigenvalue weighted by atomic mass is 16.6. The van der Waals surface area contributed by atoms with Crippen LogP contribution < -0.4 is 9.64 Å². The van der Waals surface area contributed by atoms with Crippen molar-refractivity contribution >= 4 is 11.8 Å². The molecule has 0 spiro atoms. The molecule has 5 heteroatoms. The van der Waals surface area contributed by atoms with Gasteiger partial charge in [-0.3, -0.25) is 4.90 Å². The van der Waals surface area contributed by atoms with Crippen LogP contribution in [0.2, 0.25) is 0 Å². The molecule has 0 atom stereocenters. The molecule has 0 unspecified atom stereocenters. The maximum atomic E-state index is 11.5. The number of benzene rings is 1. The zero-order chi connectivity index (χ0) is 12.1. The number of rotatable bonds is 3.